The lowest BCUT2D eigenvalue weighted by molar-refractivity contribution is 0.476. The summed E-state index contributed by atoms with van der Waals surface area (Å²) in [4.78, 5) is 28.3. The fourth-order valence-electron chi connectivity index (χ4n) is 2.05. The quantitative estimate of drug-likeness (QED) is 0.744. The minimum atomic E-state index is -0.440. The Kier molecular flexibility index (Phi) is 2.88. The van der Waals surface area contributed by atoms with Crippen molar-refractivity contribution in [3.63, 3.8) is 0 Å². The van der Waals surface area contributed by atoms with Crippen LogP contribution in [-0.2, 0) is 0 Å². The van der Waals surface area contributed by atoms with E-state index in [0.29, 0.717) is 15.8 Å². The Labute approximate surface area is 117 Å². The zero-order chi connectivity index (χ0) is 14.3. The van der Waals surface area contributed by atoms with Crippen molar-refractivity contribution in [1.29, 1.82) is 0 Å². The molecule has 5 heteroatoms. The van der Waals surface area contributed by atoms with Gasteiger partial charge in [-0.2, -0.15) is 0 Å². The van der Waals surface area contributed by atoms with Gasteiger partial charge in [0.15, 0.2) is 5.36 Å². The van der Waals surface area contributed by atoms with Crippen LogP contribution in [0.1, 0.15) is 0 Å². The molecule has 0 amide bonds. The molecule has 20 heavy (non-hydrogen) atoms. The van der Waals surface area contributed by atoms with Gasteiger partial charge in [0.1, 0.15) is 11.4 Å². The average Bonchev–Trinajstić information content (AvgIpc) is 2.68. The molecule has 0 aliphatic rings. The van der Waals surface area contributed by atoms with Crippen molar-refractivity contribution in [3.05, 3.63) is 73.3 Å². The summed E-state index contributed by atoms with van der Waals surface area (Å²) in [5.74, 6) is -0.140. The Bertz CT molecular complexity index is 919. The van der Waals surface area contributed by atoms with E-state index in [9.17, 15) is 14.7 Å². The fourth-order valence-corrected chi connectivity index (χ4v) is 2.21. The third kappa shape index (κ3) is 1.90. The van der Waals surface area contributed by atoms with Crippen LogP contribution < -0.4 is 16.2 Å². The van der Waals surface area contributed by atoms with Gasteiger partial charge in [-0.05, 0) is 18.2 Å². The van der Waals surface area contributed by atoms with E-state index in [1.807, 2.05) is 0 Å². The molecule has 0 aromatic heterocycles. The van der Waals surface area contributed by atoms with Crippen molar-refractivity contribution >= 4 is 28.1 Å². The van der Waals surface area contributed by atoms with E-state index in [2.05, 4.69) is 4.99 Å². The van der Waals surface area contributed by atoms with Crippen molar-refractivity contribution in [3.8, 4) is 5.75 Å². The molecule has 0 aliphatic carbocycles. The summed E-state index contributed by atoms with van der Waals surface area (Å²) in [7, 11) is 0. The SMILES string of the molecule is O=c1c(=Nc2cc(Cl)ccc2O)c(=O)c2ccccc12. The number of aromatic hydroxyl groups is 1. The third-order valence-electron chi connectivity index (χ3n) is 3.02. The summed E-state index contributed by atoms with van der Waals surface area (Å²) >= 11 is 5.81. The van der Waals surface area contributed by atoms with Crippen LogP contribution in [0.5, 0.6) is 5.75 Å². The number of phenolic OH excluding ortho intramolecular Hbond substituents is 1. The molecule has 0 unspecified atom stereocenters. The van der Waals surface area contributed by atoms with Crippen molar-refractivity contribution < 1.29 is 5.11 Å². The van der Waals surface area contributed by atoms with Gasteiger partial charge in [0, 0.05) is 15.8 Å². The van der Waals surface area contributed by atoms with Gasteiger partial charge in [0.2, 0.25) is 10.9 Å². The normalized spacial score (nSPS) is 10.8. The highest BCUT2D eigenvalue weighted by atomic mass is 35.5. The van der Waals surface area contributed by atoms with E-state index in [1.54, 1.807) is 24.3 Å². The molecule has 1 N–H and O–H groups in total. The van der Waals surface area contributed by atoms with Crippen molar-refractivity contribution in [2.45, 2.75) is 0 Å². The minimum Gasteiger partial charge on any atom is -0.506 e. The summed E-state index contributed by atoms with van der Waals surface area (Å²) < 4.78 is 0. The summed E-state index contributed by atoms with van der Waals surface area (Å²) in [5.41, 5.74) is -0.781. The number of nitrogens with zero attached hydrogens (tertiary/aromatic N) is 1. The smallest absolute Gasteiger partial charge is 0.216 e. The number of halogens is 1. The van der Waals surface area contributed by atoms with Crippen LogP contribution in [0.2, 0.25) is 5.02 Å². The van der Waals surface area contributed by atoms with E-state index in [0.717, 1.165) is 0 Å². The second-order valence-corrected chi connectivity index (χ2v) is 4.73. The molecule has 0 spiro atoms. The maximum atomic E-state index is 12.1. The summed E-state index contributed by atoms with van der Waals surface area (Å²) in [6, 6.07) is 10.8. The molecule has 0 heterocycles. The maximum absolute atomic E-state index is 12.1. The predicted octanol–water partition coefficient (Wildman–Crippen LogP) is 2.03. The fraction of sp³-hybridized carbons (Fsp3) is 0. The second kappa shape index (κ2) is 4.58. The highest BCUT2D eigenvalue weighted by Crippen LogP contribution is 2.28. The monoisotopic (exact) mass is 285 g/mol. The van der Waals surface area contributed by atoms with Crippen molar-refractivity contribution in [2.24, 2.45) is 4.99 Å². The minimum absolute atomic E-state index is 0.0991. The van der Waals surface area contributed by atoms with Gasteiger partial charge in [-0.15, -0.1) is 0 Å². The number of hydrogen-bond acceptors (Lipinski definition) is 4. The number of benzene rings is 2. The van der Waals surface area contributed by atoms with Crippen LogP contribution in [0.25, 0.3) is 10.8 Å². The van der Waals surface area contributed by atoms with Crippen molar-refractivity contribution in [2.75, 3.05) is 0 Å². The second-order valence-electron chi connectivity index (χ2n) is 4.30. The van der Waals surface area contributed by atoms with Gasteiger partial charge in [0.05, 0.1) is 0 Å². The standard InChI is InChI=1S/C15H8ClNO3/c16-8-5-6-12(18)11(7-8)17-13-14(19)9-3-1-2-4-10(9)15(13)20/h1-7,18H. The summed E-state index contributed by atoms with van der Waals surface area (Å²) in [5, 5.41) is 10.5. The van der Waals surface area contributed by atoms with Gasteiger partial charge in [-0.1, -0.05) is 35.9 Å². The Morgan fingerprint density at radius 2 is 1.55 bits per heavy atom. The molecule has 0 saturated heterocycles. The first-order valence-electron chi connectivity index (χ1n) is 5.83. The van der Waals surface area contributed by atoms with Crippen LogP contribution in [-0.4, -0.2) is 5.11 Å². The van der Waals surface area contributed by atoms with E-state index < -0.39 is 10.9 Å². The largest absolute Gasteiger partial charge is 0.506 e. The molecule has 4 nitrogen and oxygen atoms in total. The third-order valence-corrected chi connectivity index (χ3v) is 3.25. The molecule has 0 aliphatic heterocycles. The number of phenols is 1. The molecule has 0 saturated carbocycles. The summed E-state index contributed by atoms with van der Waals surface area (Å²) in [6.45, 7) is 0. The number of hydrogen-bond donors (Lipinski definition) is 1. The number of rotatable bonds is 1. The molecule has 3 rings (SSSR count). The van der Waals surface area contributed by atoms with Crippen LogP contribution in [0.15, 0.2) is 57.0 Å². The Morgan fingerprint density at radius 1 is 0.950 bits per heavy atom. The zero-order valence-electron chi connectivity index (χ0n) is 10.1. The first kappa shape index (κ1) is 12.6. The zero-order valence-corrected chi connectivity index (χ0v) is 10.9. The van der Waals surface area contributed by atoms with Crippen LogP contribution in [0.4, 0.5) is 5.69 Å². The molecule has 0 atom stereocenters. The molecule has 0 bridgehead atoms. The molecule has 3 aromatic rings. The van der Waals surface area contributed by atoms with Crippen LogP contribution in [0, 0.1) is 0 Å². The molecule has 0 radical (unpaired) electrons. The van der Waals surface area contributed by atoms with Crippen LogP contribution >= 0.6 is 11.6 Å². The summed E-state index contributed by atoms with van der Waals surface area (Å²) in [6.07, 6.45) is 0. The first-order chi connectivity index (χ1) is 9.58. The molecular formula is C15H8ClNO3. The van der Waals surface area contributed by atoms with Gasteiger partial charge in [-0.25, -0.2) is 4.99 Å². The lowest BCUT2D eigenvalue weighted by Crippen LogP contribution is -2.31. The van der Waals surface area contributed by atoms with E-state index in [-0.39, 0.29) is 16.8 Å². The first-order valence-corrected chi connectivity index (χ1v) is 6.21. The molecule has 0 fully saturated rings. The van der Waals surface area contributed by atoms with Crippen LogP contribution in [0.3, 0.4) is 0 Å². The number of fused-ring (bicyclic) bond motifs is 1. The van der Waals surface area contributed by atoms with Gasteiger partial charge < -0.3 is 5.11 Å². The van der Waals surface area contributed by atoms with Gasteiger partial charge in [-0.3, -0.25) is 9.59 Å². The van der Waals surface area contributed by atoms with Crippen molar-refractivity contribution in [1.82, 2.24) is 0 Å². The molecule has 98 valence electrons. The van der Waals surface area contributed by atoms with E-state index in [4.69, 9.17) is 11.6 Å². The Hall–Kier alpha value is -2.46. The molecular weight excluding hydrogens is 278 g/mol. The average molecular weight is 286 g/mol. The Balaban J connectivity index is 2.41. The van der Waals surface area contributed by atoms with Gasteiger partial charge in [0.25, 0.3) is 0 Å². The molecule has 3 aromatic carbocycles. The van der Waals surface area contributed by atoms with E-state index in [1.165, 1.54) is 18.2 Å². The lowest BCUT2D eigenvalue weighted by Gasteiger charge is -1.97. The topological polar surface area (TPSA) is 66.7 Å². The Morgan fingerprint density at radius 3 is 2.15 bits per heavy atom. The highest BCUT2D eigenvalue weighted by Gasteiger charge is 2.10. The van der Waals surface area contributed by atoms with Gasteiger partial charge >= 0.3 is 0 Å². The predicted molar refractivity (Wildman–Crippen MR) is 77.2 cm³/mol. The highest BCUT2D eigenvalue weighted by molar-refractivity contribution is 6.30. The maximum Gasteiger partial charge on any atom is 0.216 e. The lowest BCUT2D eigenvalue weighted by atomic mass is 10.2. The van der Waals surface area contributed by atoms with E-state index >= 15 is 0 Å².